The average Bonchev–Trinajstić information content (AvgIpc) is 2.78. The van der Waals surface area contributed by atoms with E-state index < -0.39 is 0 Å². The van der Waals surface area contributed by atoms with Gasteiger partial charge >= 0.3 is 0 Å². The molecule has 1 aromatic carbocycles. The van der Waals surface area contributed by atoms with Crippen molar-refractivity contribution in [2.24, 2.45) is 5.73 Å². The fourth-order valence-electron chi connectivity index (χ4n) is 1.45. The molecule has 1 heterocycles. The van der Waals surface area contributed by atoms with Crippen molar-refractivity contribution in [2.75, 3.05) is 0 Å². The molecule has 4 nitrogen and oxygen atoms in total. The maximum absolute atomic E-state index is 13.0. The van der Waals surface area contributed by atoms with Crippen molar-refractivity contribution >= 4 is 15.9 Å². The number of halogens is 2. The van der Waals surface area contributed by atoms with Crippen LogP contribution in [0.1, 0.15) is 18.4 Å². The SMILES string of the molecule is C=CCC(N)c1nc(-c2ccc(F)cc2Br)no1. The van der Waals surface area contributed by atoms with Gasteiger partial charge < -0.3 is 10.3 Å². The summed E-state index contributed by atoms with van der Waals surface area (Å²) in [6.45, 7) is 3.60. The summed E-state index contributed by atoms with van der Waals surface area (Å²) in [4.78, 5) is 4.19. The minimum atomic E-state index is -0.372. The van der Waals surface area contributed by atoms with Crippen LogP contribution in [0, 0.1) is 5.82 Å². The van der Waals surface area contributed by atoms with Gasteiger partial charge in [-0.2, -0.15) is 4.98 Å². The van der Waals surface area contributed by atoms with E-state index in [-0.39, 0.29) is 11.9 Å². The second-order valence-electron chi connectivity index (χ2n) is 3.71. The zero-order valence-electron chi connectivity index (χ0n) is 9.44. The third-order valence-corrected chi connectivity index (χ3v) is 3.01. The third-order valence-electron chi connectivity index (χ3n) is 2.35. The van der Waals surface area contributed by atoms with Gasteiger partial charge in [0.15, 0.2) is 0 Å². The van der Waals surface area contributed by atoms with Crippen molar-refractivity contribution in [1.29, 1.82) is 0 Å². The molecule has 0 bridgehead atoms. The van der Waals surface area contributed by atoms with Crippen molar-refractivity contribution in [3.05, 3.63) is 47.0 Å². The molecule has 1 unspecified atom stereocenters. The van der Waals surface area contributed by atoms with Crippen molar-refractivity contribution in [3.63, 3.8) is 0 Å². The lowest BCUT2D eigenvalue weighted by Crippen LogP contribution is -2.09. The molecule has 0 radical (unpaired) electrons. The molecule has 0 fully saturated rings. The fourth-order valence-corrected chi connectivity index (χ4v) is 1.97. The quantitative estimate of drug-likeness (QED) is 0.880. The summed E-state index contributed by atoms with van der Waals surface area (Å²) in [6.07, 6.45) is 2.23. The van der Waals surface area contributed by atoms with Gasteiger partial charge in [-0.05, 0) is 40.5 Å². The summed E-state index contributed by atoms with van der Waals surface area (Å²) in [5, 5.41) is 3.83. The molecule has 0 aliphatic heterocycles. The molecule has 18 heavy (non-hydrogen) atoms. The number of rotatable bonds is 4. The van der Waals surface area contributed by atoms with Gasteiger partial charge in [0.1, 0.15) is 5.82 Å². The maximum atomic E-state index is 13.0. The standard InChI is InChI=1S/C12H11BrFN3O/c1-2-3-10(15)12-16-11(17-18-12)8-5-4-7(14)6-9(8)13/h2,4-6,10H,1,3,15H2. The average molecular weight is 312 g/mol. The summed E-state index contributed by atoms with van der Waals surface area (Å²) in [6, 6.07) is 3.88. The Balaban J connectivity index is 2.32. The van der Waals surface area contributed by atoms with Gasteiger partial charge in [0.2, 0.25) is 11.7 Å². The van der Waals surface area contributed by atoms with Crippen LogP contribution in [0.15, 0.2) is 39.8 Å². The molecular weight excluding hydrogens is 301 g/mol. The first-order chi connectivity index (χ1) is 8.61. The van der Waals surface area contributed by atoms with Gasteiger partial charge in [-0.15, -0.1) is 6.58 Å². The maximum Gasteiger partial charge on any atom is 0.244 e. The molecule has 2 N–H and O–H groups in total. The molecule has 0 aliphatic rings. The summed E-state index contributed by atoms with van der Waals surface area (Å²) < 4.78 is 18.6. The summed E-state index contributed by atoms with van der Waals surface area (Å²) in [5.41, 5.74) is 6.47. The first-order valence-corrected chi connectivity index (χ1v) is 6.06. The first kappa shape index (κ1) is 12.9. The van der Waals surface area contributed by atoms with Gasteiger partial charge in [-0.3, -0.25) is 0 Å². The van der Waals surface area contributed by atoms with Crippen LogP contribution in [0.4, 0.5) is 4.39 Å². The molecule has 0 spiro atoms. The Morgan fingerprint density at radius 3 is 3.00 bits per heavy atom. The van der Waals surface area contributed by atoms with Crippen LogP contribution in [0.3, 0.4) is 0 Å². The van der Waals surface area contributed by atoms with E-state index in [9.17, 15) is 4.39 Å². The monoisotopic (exact) mass is 311 g/mol. The van der Waals surface area contributed by atoms with Gasteiger partial charge in [-0.1, -0.05) is 11.2 Å². The topological polar surface area (TPSA) is 64.9 Å². The highest BCUT2D eigenvalue weighted by atomic mass is 79.9. The van der Waals surface area contributed by atoms with Crippen molar-refractivity contribution in [1.82, 2.24) is 10.1 Å². The molecule has 2 rings (SSSR count). The lowest BCUT2D eigenvalue weighted by Gasteiger charge is -2.00. The van der Waals surface area contributed by atoms with Crippen molar-refractivity contribution in [2.45, 2.75) is 12.5 Å². The van der Waals surface area contributed by atoms with E-state index in [0.29, 0.717) is 28.2 Å². The van der Waals surface area contributed by atoms with Gasteiger partial charge in [0, 0.05) is 10.0 Å². The Bertz CT molecular complexity index is 570. The number of hydrogen-bond acceptors (Lipinski definition) is 4. The highest BCUT2D eigenvalue weighted by molar-refractivity contribution is 9.10. The zero-order chi connectivity index (χ0) is 13.1. The molecule has 94 valence electrons. The van der Waals surface area contributed by atoms with E-state index >= 15 is 0 Å². The van der Waals surface area contributed by atoms with Crippen LogP contribution in [0.2, 0.25) is 0 Å². The summed E-state index contributed by atoms with van der Waals surface area (Å²) >= 11 is 3.25. The minimum Gasteiger partial charge on any atom is -0.337 e. The van der Waals surface area contributed by atoms with Crippen LogP contribution in [-0.2, 0) is 0 Å². The molecule has 0 amide bonds. The summed E-state index contributed by atoms with van der Waals surface area (Å²) in [5.74, 6) is 0.371. The predicted octanol–water partition coefficient (Wildman–Crippen LogP) is 3.21. The predicted molar refractivity (Wildman–Crippen MR) is 69.1 cm³/mol. The van der Waals surface area contributed by atoms with E-state index in [4.69, 9.17) is 10.3 Å². The van der Waals surface area contributed by atoms with E-state index in [1.165, 1.54) is 12.1 Å². The van der Waals surface area contributed by atoms with Crippen molar-refractivity contribution < 1.29 is 8.91 Å². The Hall–Kier alpha value is -1.53. The van der Waals surface area contributed by atoms with Crippen LogP contribution < -0.4 is 5.73 Å². The van der Waals surface area contributed by atoms with Crippen LogP contribution >= 0.6 is 15.9 Å². The van der Waals surface area contributed by atoms with Crippen LogP contribution in [-0.4, -0.2) is 10.1 Å². The summed E-state index contributed by atoms with van der Waals surface area (Å²) in [7, 11) is 0. The first-order valence-electron chi connectivity index (χ1n) is 5.27. The number of aromatic nitrogens is 2. The molecule has 1 aromatic heterocycles. The third kappa shape index (κ3) is 2.65. The molecule has 2 aromatic rings. The molecule has 0 saturated heterocycles. The molecule has 1 atom stereocenters. The van der Waals surface area contributed by atoms with E-state index in [1.807, 2.05) is 0 Å². The Morgan fingerprint density at radius 2 is 2.33 bits per heavy atom. The van der Waals surface area contributed by atoms with Gasteiger partial charge in [0.25, 0.3) is 0 Å². The smallest absolute Gasteiger partial charge is 0.244 e. The number of nitrogens with zero attached hydrogens (tertiary/aromatic N) is 2. The fraction of sp³-hybridized carbons (Fsp3) is 0.167. The van der Waals surface area contributed by atoms with Crippen molar-refractivity contribution in [3.8, 4) is 11.4 Å². The molecule has 0 aliphatic carbocycles. The highest BCUT2D eigenvalue weighted by Gasteiger charge is 2.16. The van der Waals surface area contributed by atoms with Gasteiger partial charge in [0.05, 0.1) is 6.04 Å². The van der Waals surface area contributed by atoms with Crippen LogP contribution in [0.25, 0.3) is 11.4 Å². The molecule has 6 heteroatoms. The second kappa shape index (κ2) is 5.41. The van der Waals surface area contributed by atoms with E-state index in [0.717, 1.165) is 0 Å². The molecule has 0 saturated carbocycles. The molecular formula is C12H11BrFN3O. The van der Waals surface area contributed by atoms with Crippen LogP contribution in [0.5, 0.6) is 0 Å². The Kier molecular flexibility index (Phi) is 3.88. The highest BCUT2D eigenvalue weighted by Crippen LogP contribution is 2.27. The zero-order valence-corrected chi connectivity index (χ0v) is 11.0. The lowest BCUT2D eigenvalue weighted by atomic mass is 10.2. The van der Waals surface area contributed by atoms with E-state index in [2.05, 4.69) is 32.6 Å². The normalized spacial score (nSPS) is 12.4. The lowest BCUT2D eigenvalue weighted by molar-refractivity contribution is 0.356. The largest absolute Gasteiger partial charge is 0.337 e. The second-order valence-corrected chi connectivity index (χ2v) is 4.57. The number of nitrogens with two attached hydrogens (primary N) is 1. The number of benzene rings is 1. The number of hydrogen-bond donors (Lipinski definition) is 1. The van der Waals surface area contributed by atoms with E-state index in [1.54, 1.807) is 12.1 Å². The Morgan fingerprint density at radius 1 is 1.56 bits per heavy atom. The Labute approximate surface area is 112 Å². The van der Waals surface area contributed by atoms with Gasteiger partial charge in [-0.25, -0.2) is 4.39 Å². The minimum absolute atomic E-state index is 0.334.